The average molecular weight is 354 g/mol. The number of hydrogen-bond donors (Lipinski definition) is 0. The molecule has 116 valence electrons. The fourth-order valence-electron chi connectivity index (χ4n) is 2.27. The Bertz CT molecular complexity index is 492. The summed E-state index contributed by atoms with van der Waals surface area (Å²) in [7, 11) is 0. The molecule has 0 heterocycles. The van der Waals surface area contributed by atoms with E-state index in [1.807, 2.05) is 37.8 Å². The molecule has 0 radical (unpaired) electrons. The van der Waals surface area contributed by atoms with Gasteiger partial charge in [0.2, 0.25) is 0 Å². The molecule has 1 aromatic rings. The molecule has 0 saturated heterocycles. The van der Waals surface area contributed by atoms with E-state index in [-0.39, 0.29) is 6.09 Å². The van der Waals surface area contributed by atoms with Crippen LogP contribution < -0.4 is 0 Å². The Labute approximate surface area is 135 Å². The van der Waals surface area contributed by atoms with Crippen LogP contribution in [-0.2, 0) is 11.2 Å². The first-order chi connectivity index (χ1) is 9.87. The number of carbonyl (C=O) groups is 1. The van der Waals surface area contributed by atoms with Crippen molar-refractivity contribution in [3.05, 3.63) is 34.3 Å². The summed E-state index contributed by atoms with van der Waals surface area (Å²) in [5, 5.41) is 0. The van der Waals surface area contributed by atoms with Crippen LogP contribution >= 0.6 is 15.9 Å². The maximum atomic E-state index is 12.2. The smallest absolute Gasteiger partial charge is 0.410 e. The Morgan fingerprint density at radius 1 is 1.33 bits per heavy atom. The van der Waals surface area contributed by atoms with Crippen LogP contribution in [0.4, 0.5) is 4.79 Å². The minimum absolute atomic E-state index is 0.169. The van der Waals surface area contributed by atoms with E-state index in [1.54, 1.807) is 0 Å². The number of hydrogen-bond acceptors (Lipinski definition) is 2. The van der Waals surface area contributed by atoms with Gasteiger partial charge in [-0.15, -0.1) is 0 Å². The second-order valence-electron chi connectivity index (χ2n) is 6.60. The summed E-state index contributed by atoms with van der Waals surface area (Å²) in [6.45, 7) is 6.51. The molecular weight excluding hydrogens is 330 g/mol. The Morgan fingerprint density at radius 2 is 2.00 bits per heavy atom. The van der Waals surface area contributed by atoms with E-state index in [0.29, 0.717) is 6.04 Å². The van der Waals surface area contributed by atoms with Crippen LogP contribution in [0.1, 0.15) is 45.6 Å². The molecule has 4 heteroatoms. The summed E-state index contributed by atoms with van der Waals surface area (Å²) in [5.74, 6) is 0. The van der Waals surface area contributed by atoms with Gasteiger partial charge in [-0.25, -0.2) is 4.79 Å². The highest BCUT2D eigenvalue weighted by molar-refractivity contribution is 9.10. The second-order valence-corrected chi connectivity index (χ2v) is 7.45. The van der Waals surface area contributed by atoms with Crippen molar-refractivity contribution >= 4 is 22.0 Å². The lowest BCUT2D eigenvalue weighted by atomic mass is 10.1. The molecule has 1 aromatic carbocycles. The maximum absolute atomic E-state index is 12.2. The molecule has 1 aliphatic carbocycles. The van der Waals surface area contributed by atoms with E-state index in [1.165, 1.54) is 5.56 Å². The molecule has 1 saturated carbocycles. The van der Waals surface area contributed by atoms with Gasteiger partial charge in [0.15, 0.2) is 0 Å². The molecule has 1 fully saturated rings. The number of rotatable bonds is 5. The van der Waals surface area contributed by atoms with Crippen LogP contribution in [-0.4, -0.2) is 29.2 Å². The molecular formula is C17H24BrNO2. The zero-order valence-corrected chi connectivity index (χ0v) is 14.6. The van der Waals surface area contributed by atoms with Gasteiger partial charge in [-0.05, 0) is 58.1 Å². The van der Waals surface area contributed by atoms with Gasteiger partial charge < -0.3 is 9.64 Å². The number of carbonyl (C=O) groups excluding carboxylic acids is 1. The van der Waals surface area contributed by atoms with Gasteiger partial charge >= 0.3 is 6.09 Å². The SMILES string of the molecule is CC(C)(C)OC(=O)N(CCCc1ccccc1Br)C1CC1. The van der Waals surface area contributed by atoms with Gasteiger partial charge in [0.1, 0.15) is 5.60 Å². The summed E-state index contributed by atoms with van der Waals surface area (Å²) < 4.78 is 6.64. The number of aryl methyl sites for hydroxylation is 1. The van der Waals surface area contributed by atoms with Gasteiger partial charge in [0.25, 0.3) is 0 Å². The first-order valence-corrected chi connectivity index (χ1v) is 8.39. The van der Waals surface area contributed by atoms with Crippen molar-refractivity contribution in [1.82, 2.24) is 4.90 Å². The van der Waals surface area contributed by atoms with E-state index in [0.717, 1.165) is 36.7 Å². The first kappa shape index (κ1) is 16.3. The van der Waals surface area contributed by atoms with Crippen LogP contribution in [0.2, 0.25) is 0 Å². The highest BCUT2D eigenvalue weighted by Crippen LogP contribution is 2.29. The molecule has 0 atom stereocenters. The van der Waals surface area contributed by atoms with Gasteiger partial charge in [0.05, 0.1) is 0 Å². The third-order valence-electron chi connectivity index (χ3n) is 3.42. The predicted molar refractivity (Wildman–Crippen MR) is 88.4 cm³/mol. The second kappa shape index (κ2) is 6.82. The molecule has 0 aromatic heterocycles. The monoisotopic (exact) mass is 353 g/mol. The molecule has 0 unspecified atom stereocenters. The van der Waals surface area contributed by atoms with E-state index < -0.39 is 5.60 Å². The van der Waals surface area contributed by atoms with Crippen LogP contribution in [0, 0.1) is 0 Å². The van der Waals surface area contributed by atoms with E-state index in [2.05, 4.69) is 28.1 Å². The molecule has 1 amide bonds. The number of amides is 1. The molecule has 2 rings (SSSR count). The molecule has 0 bridgehead atoms. The van der Waals surface area contributed by atoms with E-state index >= 15 is 0 Å². The molecule has 21 heavy (non-hydrogen) atoms. The zero-order chi connectivity index (χ0) is 15.5. The van der Waals surface area contributed by atoms with Crippen molar-refractivity contribution in [3.8, 4) is 0 Å². The van der Waals surface area contributed by atoms with Crippen molar-refractivity contribution in [3.63, 3.8) is 0 Å². The Balaban J connectivity index is 1.86. The van der Waals surface area contributed by atoms with Crippen LogP contribution in [0.5, 0.6) is 0 Å². The summed E-state index contributed by atoms with van der Waals surface area (Å²) in [5.41, 5.74) is 0.865. The Kier molecular flexibility index (Phi) is 5.31. The van der Waals surface area contributed by atoms with Crippen LogP contribution in [0.3, 0.4) is 0 Å². The highest BCUT2D eigenvalue weighted by Gasteiger charge is 2.34. The normalized spacial score (nSPS) is 14.9. The lowest BCUT2D eigenvalue weighted by Gasteiger charge is -2.27. The van der Waals surface area contributed by atoms with Gasteiger partial charge in [-0.2, -0.15) is 0 Å². The molecule has 3 nitrogen and oxygen atoms in total. The number of benzene rings is 1. The number of ether oxygens (including phenoxy) is 1. The van der Waals surface area contributed by atoms with Crippen molar-refractivity contribution in [1.29, 1.82) is 0 Å². The summed E-state index contributed by atoms with van der Waals surface area (Å²) in [4.78, 5) is 14.1. The minimum atomic E-state index is -0.424. The van der Waals surface area contributed by atoms with Crippen molar-refractivity contribution < 1.29 is 9.53 Å². The first-order valence-electron chi connectivity index (χ1n) is 7.60. The van der Waals surface area contributed by atoms with Gasteiger partial charge in [-0.3, -0.25) is 0 Å². The van der Waals surface area contributed by atoms with Gasteiger partial charge in [0, 0.05) is 17.1 Å². The fraction of sp³-hybridized carbons (Fsp3) is 0.588. The lowest BCUT2D eigenvalue weighted by Crippen LogP contribution is -2.39. The third kappa shape index (κ3) is 5.34. The highest BCUT2D eigenvalue weighted by atomic mass is 79.9. The topological polar surface area (TPSA) is 29.5 Å². The standard InChI is InChI=1S/C17H24BrNO2/c1-17(2,3)21-16(20)19(14-10-11-14)12-6-8-13-7-4-5-9-15(13)18/h4-5,7,9,14H,6,8,10-12H2,1-3H3. The van der Waals surface area contributed by atoms with E-state index in [4.69, 9.17) is 4.74 Å². The van der Waals surface area contributed by atoms with Crippen LogP contribution in [0.25, 0.3) is 0 Å². The summed E-state index contributed by atoms with van der Waals surface area (Å²) in [6.07, 6.45) is 3.96. The lowest BCUT2D eigenvalue weighted by molar-refractivity contribution is 0.0232. The minimum Gasteiger partial charge on any atom is -0.444 e. The average Bonchev–Trinajstić information content (AvgIpc) is 3.18. The Hall–Kier alpha value is -1.03. The van der Waals surface area contributed by atoms with Gasteiger partial charge in [-0.1, -0.05) is 34.1 Å². The number of halogens is 1. The quantitative estimate of drug-likeness (QED) is 0.762. The fourth-order valence-corrected chi connectivity index (χ4v) is 2.75. The summed E-state index contributed by atoms with van der Waals surface area (Å²) >= 11 is 3.57. The zero-order valence-electron chi connectivity index (χ0n) is 13.1. The largest absolute Gasteiger partial charge is 0.444 e. The summed E-state index contributed by atoms with van der Waals surface area (Å²) in [6, 6.07) is 8.64. The predicted octanol–water partition coefficient (Wildman–Crippen LogP) is 4.78. The molecule has 0 aliphatic heterocycles. The molecule has 0 N–H and O–H groups in total. The van der Waals surface area contributed by atoms with E-state index in [9.17, 15) is 4.79 Å². The molecule has 0 spiro atoms. The molecule has 1 aliphatic rings. The van der Waals surface area contributed by atoms with Crippen molar-refractivity contribution in [2.24, 2.45) is 0 Å². The van der Waals surface area contributed by atoms with Crippen molar-refractivity contribution in [2.45, 2.75) is 58.1 Å². The third-order valence-corrected chi connectivity index (χ3v) is 4.19. The maximum Gasteiger partial charge on any atom is 0.410 e. The Morgan fingerprint density at radius 3 is 2.57 bits per heavy atom. The van der Waals surface area contributed by atoms with Crippen LogP contribution in [0.15, 0.2) is 28.7 Å². The van der Waals surface area contributed by atoms with Crippen molar-refractivity contribution in [2.75, 3.05) is 6.54 Å². The number of nitrogens with zero attached hydrogens (tertiary/aromatic N) is 1.